The Bertz CT molecular complexity index is 547. The molecule has 19 heavy (non-hydrogen) atoms. The van der Waals surface area contributed by atoms with Crippen LogP contribution in [0.25, 0.3) is 0 Å². The van der Waals surface area contributed by atoms with E-state index in [0.29, 0.717) is 17.6 Å². The Kier molecular flexibility index (Phi) is 4.32. The van der Waals surface area contributed by atoms with Gasteiger partial charge in [-0.15, -0.1) is 0 Å². The zero-order chi connectivity index (χ0) is 13.7. The Labute approximate surface area is 115 Å². The predicted octanol–water partition coefficient (Wildman–Crippen LogP) is 1.95. The van der Waals surface area contributed by atoms with Gasteiger partial charge < -0.3 is 10.1 Å². The van der Waals surface area contributed by atoms with Gasteiger partial charge >= 0.3 is 6.01 Å². The van der Waals surface area contributed by atoms with Crippen LogP contribution in [0.5, 0.6) is 6.01 Å². The number of nitrogens with zero attached hydrogens (tertiary/aromatic N) is 3. The van der Waals surface area contributed by atoms with E-state index < -0.39 is 0 Å². The molecule has 0 bridgehead atoms. The SMILES string of the molecule is CCOc1nc(NN)nc(Nc2ccc(Cl)cc2)n1. The molecule has 0 aliphatic carbocycles. The van der Waals surface area contributed by atoms with Crippen molar-refractivity contribution in [2.45, 2.75) is 6.92 Å². The van der Waals surface area contributed by atoms with Gasteiger partial charge in [-0.25, -0.2) is 5.84 Å². The molecule has 4 N–H and O–H groups in total. The van der Waals surface area contributed by atoms with Crippen molar-refractivity contribution >= 4 is 29.2 Å². The summed E-state index contributed by atoms with van der Waals surface area (Å²) in [6, 6.07) is 7.33. The summed E-state index contributed by atoms with van der Waals surface area (Å²) in [5.74, 6) is 5.84. The standard InChI is InChI=1S/C11H13ClN6O/c1-2-19-11-16-9(15-10(17-11)18-13)14-8-5-3-7(12)4-6-8/h3-6H,2,13H2,1H3,(H2,14,15,16,17,18). The molecule has 0 saturated carbocycles. The average molecular weight is 281 g/mol. The highest BCUT2D eigenvalue weighted by atomic mass is 35.5. The van der Waals surface area contributed by atoms with Crippen molar-refractivity contribution in [3.63, 3.8) is 0 Å². The second kappa shape index (κ2) is 6.17. The topological polar surface area (TPSA) is 98.0 Å². The van der Waals surface area contributed by atoms with Crippen molar-refractivity contribution in [3.8, 4) is 6.01 Å². The van der Waals surface area contributed by atoms with Crippen LogP contribution >= 0.6 is 11.6 Å². The molecule has 0 unspecified atom stereocenters. The molecule has 1 aromatic heterocycles. The number of anilines is 3. The van der Waals surface area contributed by atoms with Gasteiger partial charge in [0.05, 0.1) is 6.61 Å². The Morgan fingerprint density at radius 1 is 1.16 bits per heavy atom. The van der Waals surface area contributed by atoms with Crippen LogP contribution in [0, 0.1) is 0 Å². The molecule has 0 atom stereocenters. The minimum absolute atomic E-state index is 0.196. The molecular weight excluding hydrogens is 268 g/mol. The van der Waals surface area contributed by atoms with Crippen LogP contribution < -0.4 is 21.3 Å². The molecule has 0 aliphatic heterocycles. The number of nitrogen functional groups attached to an aromatic ring is 1. The van der Waals surface area contributed by atoms with Crippen LogP contribution in [0.15, 0.2) is 24.3 Å². The van der Waals surface area contributed by atoms with Crippen molar-refractivity contribution in [1.29, 1.82) is 0 Å². The molecule has 0 radical (unpaired) electrons. The van der Waals surface area contributed by atoms with Crippen LogP contribution in [-0.2, 0) is 0 Å². The lowest BCUT2D eigenvalue weighted by atomic mass is 10.3. The first kappa shape index (κ1) is 13.3. The van der Waals surface area contributed by atoms with Gasteiger partial charge in [-0.1, -0.05) is 11.6 Å². The van der Waals surface area contributed by atoms with Crippen molar-refractivity contribution in [2.24, 2.45) is 5.84 Å². The highest BCUT2D eigenvalue weighted by Gasteiger charge is 2.06. The van der Waals surface area contributed by atoms with E-state index in [4.69, 9.17) is 22.2 Å². The third kappa shape index (κ3) is 3.67. The molecule has 1 heterocycles. The number of nitrogens with two attached hydrogens (primary N) is 1. The smallest absolute Gasteiger partial charge is 0.323 e. The lowest BCUT2D eigenvalue weighted by Gasteiger charge is -2.08. The molecule has 0 saturated heterocycles. The molecule has 0 aliphatic rings. The second-order valence-electron chi connectivity index (χ2n) is 3.47. The van der Waals surface area contributed by atoms with Gasteiger partial charge in [0, 0.05) is 10.7 Å². The molecule has 7 nitrogen and oxygen atoms in total. The fraction of sp³-hybridized carbons (Fsp3) is 0.182. The van der Waals surface area contributed by atoms with Crippen LogP contribution in [0.4, 0.5) is 17.6 Å². The maximum Gasteiger partial charge on any atom is 0.323 e. The maximum atomic E-state index is 5.81. The van der Waals surface area contributed by atoms with E-state index in [1.54, 1.807) is 12.1 Å². The zero-order valence-electron chi connectivity index (χ0n) is 10.2. The summed E-state index contributed by atoms with van der Waals surface area (Å²) in [7, 11) is 0. The van der Waals surface area contributed by atoms with Crippen LogP contribution in [0.3, 0.4) is 0 Å². The maximum absolute atomic E-state index is 5.81. The minimum Gasteiger partial charge on any atom is -0.464 e. The van der Waals surface area contributed by atoms with Crippen LogP contribution in [0.1, 0.15) is 6.92 Å². The summed E-state index contributed by atoms with van der Waals surface area (Å²) < 4.78 is 5.23. The quantitative estimate of drug-likeness (QED) is 0.569. The van der Waals surface area contributed by atoms with E-state index in [1.165, 1.54) is 0 Å². The van der Waals surface area contributed by atoms with Gasteiger partial charge in [-0.2, -0.15) is 15.0 Å². The fourth-order valence-corrected chi connectivity index (χ4v) is 1.46. The van der Waals surface area contributed by atoms with E-state index in [0.717, 1.165) is 5.69 Å². The molecule has 2 rings (SSSR count). The first-order chi connectivity index (χ1) is 9.21. The second-order valence-corrected chi connectivity index (χ2v) is 3.91. The third-order valence-corrected chi connectivity index (χ3v) is 2.37. The first-order valence-corrected chi connectivity index (χ1v) is 5.97. The largest absolute Gasteiger partial charge is 0.464 e. The van der Waals surface area contributed by atoms with E-state index in [9.17, 15) is 0 Å². The van der Waals surface area contributed by atoms with Crippen LogP contribution in [0.2, 0.25) is 5.02 Å². The summed E-state index contributed by atoms with van der Waals surface area (Å²) >= 11 is 5.81. The molecule has 8 heteroatoms. The number of hydrogen-bond donors (Lipinski definition) is 3. The van der Waals surface area contributed by atoms with Crippen molar-refractivity contribution in [3.05, 3.63) is 29.3 Å². The highest BCUT2D eigenvalue weighted by molar-refractivity contribution is 6.30. The summed E-state index contributed by atoms with van der Waals surface area (Å²) in [5, 5.41) is 3.66. The number of nitrogens with one attached hydrogen (secondary N) is 2. The van der Waals surface area contributed by atoms with Gasteiger partial charge in [0.2, 0.25) is 11.9 Å². The van der Waals surface area contributed by atoms with E-state index >= 15 is 0 Å². The average Bonchev–Trinajstić information content (AvgIpc) is 2.41. The number of halogens is 1. The minimum atomic E-state index is 0.196. The first-order valence-electron chi connectivity index (χ1n) is 5.59. The number of rotatable bonds is 5. The normalized spacial score (nSPS) is 10.1. The number of ether oxygens (including phenoxy) is 1. The Morgan fingerprint density at radius 3 is 2.47 bits per heavy atom. The molecule has 1 aromatic carbocycles. The van der Waals surface area contributed by atoms with Crippen molar-refractivity contribution in [1.82, 2.24) is 15.0 Å². The Morgan fingerprint density at radius 2 is 1.84 bits per heavy atom. The van der Waals surface area contributed by atoms with E-state index in [1.807, 2.05) is 19.1 Å². The number of aromatic nitrogens is 3. The number of hydrazine groups is 1. The summed E-state index contributed by atoms with van der Waals surface area (Å²) in [6.45, 7) is 2.29. The van der Waals surface area contributed by atoms with E-state index in [2.05, 4.69) is 25.7 Å². The number of benzene rings is 1. The lowest BCUT2D eigenvalue weighted by molar-refractivity contribution is 0.312. The van der Waals surface area contributed by atoms with Gasteiger partial charge in [-0.3, -0.25) is 5.43 Å². The van der Waals surface area contributed by atoms with Gasteiger partial charge in [0.15, 0.2) is 0 Å². The zero-order valence-corrected chi connectivity index (χ0v) is 11.0. The molecule has 100 valence electrons. The third-order valence-electron chi connectivity index (χ3n) is 2.12. The summed E-state index contributed by atoms with van der Waals surface area (Å²) in [5.41, 5.74) is 3.15. The van der Waals surface area contributed by atoms with E-state index in [-0.39, 0.29) is 12.0 Å². The molecule has 0 fully saturated rings. The van der Waals surface area contributed by atoms with Gasteiger partial charge in [0.1, 0.15) is 0 Å². The fourth-order valence-electron chi connectivity index (χ4n) is 1.33. The van der Waals surface area contributed by atoms with Gasteiger partial charge in [0.25, 0.3) is 0 Å². The highest BCUT2D eigenvalue weighted by Crippen LogP contribution is 2.18. The molecule has 2 aromatic rings. The van der Waals surface area contributed by atoms with Crippen molar-refractivity contribution in [2.75, 3.05) is 17.3 Å². The molecule has 0 amide bonds. The summed E-state index contributed by atoms with van der Waals surface area (Å²) in [4.78, 5) is 12.1. The molecular formula is C11H13ClN6O. The summed E-state index contributed by atoms with van der Waals surface area (Å²) in [6.07, 6.45) is 0. The van der Waals surface area contributed by atoms with Crippen LogP contribution in [-0.4, -0.2) is 21.6 Å². The lowest BCUT2D eigenvalue weighted by Crippen LogP contribution is -2.13. The Hall–Kier alpha value is -2.12. The molecule has 0 spiro atoms. The van der Waals surface area contributed by atoms with Crippen molar-refractivity contribution < 1.29 is 4.74 Å². The number of hydrogen-bond acceptors (Lipinski definition) is 7. The predicted molar refractivity (Wildman–Crippen MR) is 73.5 cm³/mol. The van der Waals surface area contributed by atoms with Gasteiger partial charge in [-0.05, 0) is 31.2 Å². The monoisotopic (exact) mass is 280 g/mol. The Balaban J connectivity index is 2.23.